The van der Waals surface area contributed by atoms with Crippen LogP contribution in [-0.4, -0.2) is 18.2 Å². The Kier molecular flexibility index (Phi) is 3.95. The van der Waals surface area contributed by atoms with Crippen LogP contribution in [0.5, 0.6) is 0 Å². The quantitative estimate of drug-likeness (QED) is 0.890. The smallest absolute Gasteiger partial charge is 0.263 e. The first kappa shape index (κ1) is 15.1. The Morgan fingerprint density at radius 3 is 2.55 bits per heavy atom. The number of hydrogen-bond acceptors (Lipinski definition) is 3. The van der Waals surface area contributed by atoms with E-state index >= 15 is 0 Å². The molecular formula is C16H21N3O2S. The molecule has 0 amide bonds. The van der Waals surface area contributed by atoms with Crippen LogP contribution < -0.4 is 4.72 Å². The Hall–Kier alpha value is -1.82. The Morgan fingerprint density at radius 2 is 1.95 bits per heavy atom. The van der Waals surface area contributed by atoms with Crippen molar-refractivity contribution in [2.45, 2.75) is 43.4 Å². The summed E-state index contributed by atoms with van der Waals surface area (Å²) >= 11 is 0. The molecule has 1 fully saturated rings. The van der Waals surface area contributed by atoms with Crippen molar-refractivity contribution in [1.29, 1.82) is 0 Å². The summed E-state index contributed by atoms with van der Waals surface area (Å²) in [6.45, 7) is 2.10. The number of aryl methyl sites for hydroxylation is 2. The second-order valence-corrected chi connectivity index (χ2v) is 7.53. The van der Waals surface area contributed by atoms with E-state index in [-0.39, 0.29) is 4.90 Å². The summed E-state index contributed by atoms with van der Waals surface area (Å²) in [4.78, 5) is 0.279. The van der Waals surface area contributed by atoms with Crippen LogP contribution in [0.2, 0.25) is 0 Å². The van der Waals surface area contributed by atoms with Gasteiger partial charge in [-0.1, -0.05) is 25.5 Å². The van der Waals surface area contributed by atoms with Crippen LogP contribution in [0.1, 0.15) is 43.4 Å². The van der Waals surface area contributed by atoms with E-state index in [4.69, 9.17) is 0 Å². The SMILES string of the molecule is CCCc1ccc(S(=O)(=O)Nc2cc(C3CC3)nn2C)cc1. The number of nitrogens with zero attached hydrogens (tertiary/aromatic N) is 2. The first-order valence-electron chi connectivity index (χ1n) is 7.65. The standard InChI is InChI=1S/C16H21N3O2S/c1-3-4-12-5-9-14(10-6-12)22(20,21)18-16-11-15(13-7-8-13)17-19(16)2/h5-6,9-11,13,18H,3-4,7-8H2,1-2H3. The van der Waals surface area contributed by atoms with Gasteiger partial charge in [-0.15, -0.1) is 0 Å². The number of rotatable bonds is 6. The lowest BCUT2D eigenvalue weighted by Crippen LogP contribution is -2.15. The maximum Gasteiger partial charge on any atom is 0.263 e. The summed E-state index contributed by atoms with van der Waals surface area (Å²) < 4.78 is 29.2. The van der Waals surface area contributed by atoms with Crippen molar-refractivity contribution in [2.75, 3.05) is 4.72 Å². The van der Waals surface area contributed by atoms with Crippen LogP contribution in [0.25, 0.3) is 0 Å². The van der Waals surface area contributed by atoms with Crippen LogP contribution in [0.3, 0.4) is 0 Å². The Labute approximate surface area is 131 Å². The molecule has 1 aliphatic carbocycles. The molecule has 6 heteroatoms. The molecule has 1 heterocycles. The highest BCUT2D eigenvalue weighted by Gasteiger charge is 2.27. The van der Waals surface area contributed by atoms with Gasteiger partial charge in [0.15, 0.2) is 0 Å². The minimum Gasteiger partial charge on any atom is -0.264 e. The van der Waals surface area contributed by atoms with E-state index in [0.29, 0.717) is 11.7 Å². The predicted octanol–water partition coefficient (Wildman–Crippen LogP) is 3.05. The van der Waals surface area contributed by atoms with Crippen molar-refractivity contribution in [3.8, 4) is 0 Å². The van der Waals surface area contributed by atoms with Gasteiger partial charge >= 0.3 is 0 Å². The van der Waals surface area contributed by atoms with Gasteiger partial charge in [-0.05, 0) is 37.0 Å². The normalized spacial score (nSPS) is 15.0. The molecule has 0 spiro atoms. The van der Waals surface area contributed by atoms with Crippen molar-refractivity contribution < 1.29 is 8.42 Å². The third kappa shape index (κ3) is 3.16. The minimum absolute atomic E-state index is 0.279. The Balaban J connectivity index is 1.80. The van der Waals surface area contributed by atoms with Gasteiger partial charge in [0.05, 0.1) is 10.6 Å². The van der Waals surface area contributed by atoms with Crippen molar-refractivity contribution in [1.82, 2.24) is 9.78 Å². The predicted molar refractivity (Wildman–Crippen MR) is 86.4 cm³/mol. The fourth-order valence-electron chi connectivity index (χ4n) is 2.48. The van der Waals surface area contributed by atoms with Gasteiger partial charge in [-0.25, -0.2) is 8.42 Å². The lowest BCUT2D eigenvalue weighted by atomic mass is 10.1. The van der Waals surface area contributed by atoms with Crippen LogP contribution in [0.15, 0.2) is 35.2 Å². The van der Waals surface area contributed by atoms with Gasteiger partial charge in [0.1, 0.15) is 5.82 Å². The molecule has 1 aromatic carbocycles. The summed E-state index contributed by atoms with van der Waals surface area (Å²) in [6, 6.07) is 8.89. The van der Waals surface area contributed by atoms with E-state index in [2.05, 4.69) is 16.7 Å². The summed E-state index contributed by atoms with van der Waals surface area (Å²) in [5, 5.41) is 4.38. The Morgan fingerprint density at radius 1 is 1.27 bits per heavy atom. The summed E-state index contributed by atoms with van der Waals surface area (Å²) in [5.74, 6) is 1.01. The highest BCUT2D eigenvalue weighted by atomic mass is 32.2. The van der Waals surface area contributed by atoms with Crippen molar-refractivity contribution in [2.24, 2.45) is 7.05 Å². The van der Waals surface area contributed by atoms with Crippen LogP contribution >= 0.6 is 0 Å². The van der Waals surface area contributed by atoms with Crippen molar-refractivity contribution in [3.05, 3.63) is 41.6 Å². The number of anilines is 1. The second-order valence-electron chi connectivity index (χ2n) is 5.85. The lowest BCUT2D eigenvalue weighted by Gasteiger charge is -2.08. The molecule has 1 aromatic heterocycles. The second kappa shape index (κ2) is 5.76. The average molecular weight is 319 g/mol. The molecule has 5 nitrogen and oxygen atoms in total. The van der Waals surface area contributed by atoms with Crippen molar-refractivity contribution >= 4 is 15.8 Å². The van der Waals surface area contributed by atoms with E-state index in [1.54, 1.807) is 23.9 Å². The zero-order valence-electron chi connectivity index (χ0n) is 12.9. The highest BCUT2D eigenvalue weighted by Crippen LogP contribution is 2.40. The number of aromatic nitrogens is 2. The third-order valence-corrected chi connectivity index (χ3v) is 5.28. The molecular weight excluding hydrogens is 298 g/mol. The lowest BCUT2D eigenvalue weighted by molar-refractivity contribution is 0.600. The van der Waals surface area contributed by atoms with Crippen LogP contribution in [0, 0.1) is 0 Å². The van der Waals surface area contributed by atoms with Gasteiger partial charge in [0, 0.05) is 19.0 Å². The average Bonchev–Trinajstić information content (AvgIpc) is 3.26. The molecule has 118 valence electrons. The zero-order chi connectivity index (χ0) is 15.7. The molecule has 2 aromatic rings. The fraction of sp³-hybridized carbons (Fsp3) is 0.438. The minimum atomic E-state index is -3.57. The molecule has 22 heavy (non-hydrogen) atoms. The van der Waals surface area contributed by atoms with Gasteiger partial charge < -0.3 is 0 Å². The largest absolute Gasteiger partial charge is 0.264 e. The van der Waals surface area contributed by atoms with E-state index in [0.717, 1.165) is 36.9 Å². The highest BCUT2D eigenvalue weighted by molar-refractivity contribution is 7.92. The Bertz CT molecular complexity index is 759. The van der Waals surface area contributed by atoms with Gasteiger partial charge in [0.25, 0.3) is 10.0 Å². The number of sulfonamides is 1. The molecule has 0 saturated heterocycles. The van der Waals surface area contributed by atoms with E-state index in [1.165, 1.54) is 0 Å². The van der Waals surface area contributed by atoms with Gasteiger partial charge in [0.2, 0.25) is 0 Å². The molecule has 0 radical (unpaired) electrons. The van der Waals surface area contributed by atoms with Crippen LogP contribution in [-0.2, 0) is 23.5 Å². The maximum absolute atomic E-state index is 12.5. The zero-order valence-corrected chi connectivity index (χ0v) is 13.7. The van der Waals surface area contributed by atoms with Crippen LogP contribution in [0.4, 0.5) is 5.82 Å². The third-order valence-electron chi connectivity index (χ3n) is 3.91. The summed E-state index contributed by atoms with van der Waals surface area (Å²) in [6.07, 6.45) is 4.29. The molecule has 0 unspecified atom stereocenters. The number of nitrogens with one attached hydrogen (secondary N) is 1. The molecule has 1 N–H and O–H groups in total. The molecule has 0 aliphatic heterocycles. The van der Waals surface area contributed by atoms with E-state index in [1.807, 2.05) is 18.2 Å². The summed E-state index contributed by atoms with van der Waals surface area (Å²) in [5.41, 5.74) is 2.12. The molecule has 1 aliphatic rings. The monoisotopic (exact) mass is 319 g/mol. The number of benzene rings is 1. The first-order chi connectivity index (χ1) is 10.5. The van der Waals surface area contributed by atoms with Crippen molar-refractivity contribution in [3.63, 3.8) is 0 Å². The van der Waals surface area contributed by atoms with Gasteiger partial charge in [-0.3, -0.25) is 9.40 Å². The molecule has 3 rings (SSSR count). The number of hydrogen-bond donors (Lipinski definition) is 1. The topological polar surface area (TPSA) is 64.0 Å². The fourth-order valence-corrected chi connectivity index (χ4v) is 3.56. The molecule has 0 bridgehead atoms. The van der Waals surface area contributed by atoms with E-state index < -0.39 is 10.0 Å². The van der Waals surface area contributed by atoms with E-state index in [9.17, 15) is 8.42 Å². The summed E-state index contributed by atoms with van der Waals surface area (Å²) in [7, 11) is -1.81. The first-order valence-corrected chi connectivity index (χ1v) is 9.13. The molecule has 1 saturated carbocycles. The van der Waals surface area contributed by atoms with Gasteiger partial charge in [-0.2, -0.15) is 5.10 Å². The maximum atomic E-state index is 12.5. The molecule has 0 atom stereocenters.